The second-order valence-electron chi connectivity index (χ2n) is 7.00. The number of hydrogen-bond acceptors (Lipinski definition) is 4. The van der Waals surface area contributed by atoms with E-state index in [1.165, 1.54) is 17.7 Å². The molecule has 1 fully saturated rings. The number of aromatic nitrogens is 2. The Morgan fingerprint density at radius 3 is 2.96 bits per heavy atom. The summed E-state index contributed by atoms with van der Waals surface area (Å²) in [7, 11) is 0. The van der Waals surface area contributed by atoms with Crippen LogP contribution in [0.1, 0.15) is 42.5 Å². The Hall–Kier alpha value is -1.66. The summed E-state index contributed by atoms with van der Waals surface area (Å²) in [5.41, 5.74) is 3.07. The summed E-state index contributed by atoms with van der Waals surface area (Å²) < 4.78 is 21.0. The minimum Gasteiger partial charge on any atom is -0.376 e. The molecule has 0 amide bonds. The monoisotopic (exact) mass is 374 g/mol. The predicted octanol–water partition coefficient (Wildman–Crippen LogP) is 3.73. The lowest BCUT2D eigenvalue weighted by atomic mass is 9.97. The topological polar surface area (TPSA) is 44.1 Å². The smallest absolute Gasteiger partial charge is 0.348 e. The van der Waals surface area contributed by atoms with Gasteiger partial charge in [-0.3, -0.25) is 4.57 Å². The number of nitrogens with zero attached hydrogens (tertiary/aromatic N) is 2. The predicted molar refractivity (Wildman–Crippen MR) is 100 cm³/mol. The van der Waals surface area contributed by atoms with Crippen LogP contribution in [0.5, 0.6) is 0 Å². The number of thioether (sulfide) groups is 1. The molecule has 2 aliphatic rings. The maximum Gasteiger partial charge on any atom is 0.348 e. The van der Waals surface area contributed by atoms with Gasteiger partial charge in [0.25, 0.3) is 0 Å². The van der Waals surface area contributed by atoms with Crippen LogP contribution in [-0.4, -0.2) is 22.3 Å². The van der Waals surface area contributed by atoms with Crippen LogP contribution in [0.15, 0.2) is 34.1 Å². The Kier molecular flexibility index (Phi) is 5.41. The van der Waals surface area contributed by atoms with Crippen molar-refractivity contribution in [3.63, 3.8) is 0 Å². The van der Waals surface area contributed by atoms with Gasteiger partial charge in [-0.25, -0.2) is 9.18 Å². The minimum atomic E-state index is -0.231. The molecule has 4 rings (SSSR count). The molecule has 1 aliphatic carbocycles. The minimum absolute atomic E-state index is 0.131. The first-order chi connectivity index (χ1) is 12.7. The van der Waals surface area contributed by atoms with Crippen molar-refractivity contribution in [3.05, 3.63) is 57.4 Å². The average molecular weight is 374 g/mol. The molecule has 1 atom stereocenters. The van der Waals surface area contributed by atoms with Gasteiger partial charge in [-0.15, -0.1) is 11.8 Å². The number of halogens is 1. The highest BCUT2D eigenvalue weighted by atomic mass is 32.2. The first kappa shape index (κ1) is 17.7. The van der Waals surface area contributed by atoms with Crippen LogP contribution in [0.4, 0.5) is 4.39 Å². The Morgan fingerprint density at radius 1 is 1.27 bits per heavy atom. The summed E-state index contributed by atoms with van der Waals surface area (Å²) in [5, 5.41) is 0.817. The van der Waals surface area contributed by atoms with Crippen molar-refractivity contribution in [3.8, 4) is 0 Å². The van der Waals surface area contributed by atoms with Crippen molar-refractivity contribution in [2.24, 2.45) is 0 Å². The van der Waals surface area contributed by atoms with Crippen LogP contribution < -0.4 is 5.69 Å². The summed E-state index contributed by atoms with van der Waals surface area (Å²) in [6.45, 7) is 1.40. The molecule has 0 bridgehead atoms. The first-order valence-electron chi connectivity index (χ1n) is 9.32. The third-order valence-electron chi connectivity index (χ3n) is 5.13. The third-order valence-corrected chi connectivity index (χ3v) is 6.21. The Bertz CT molecular complexity index is 846. The standard InChI is InChI=1S/C20H23FN2O2S/c21-15-6-3-5-14(11-15)13-26-19-17-8-1-2-9-18(17)23(20(24)22-19)12-16-7-4-10-25-16/h3,5-6,11,16H,1-2,4,7-10,12-13H2. The average Bonchev–Trinajstić information content (AvgIpc) is 3.16. The molecule has 6 heteroatoms. The number of ether oxygens (including phenoxy) is 1. The number of rotatable bonds is 5. The summed E-state index contributed by atoms with van der Waals surface area (Å²) >= 11 is 1.54. The molecule has 26 heavy (non-hydrogen) atoms. The van der Waals surface area contributed by atoms with Crippen LogP contribution in [0.3, 0.4) is 0 Å². The molecule has 1 saturated heterocycles. The molecular formula is C20H23FN2O2S. The SMILES string of the molecule is O=c1nc(SCc2cccc(F)c2)c2c(n1CC1CCCO1)CCCC2. The molecule has 4 nitrogen and oxygen atoms in total. The van der Waals surface area contributed by atoms with E-state index in [1.807, 2.05) is 10.6 Å². The van der Waals surface area contributed by atoms with Crippen molar-refractivity contribution in [2.75, 3.05) is 6.61 Å². The van der Waals surface area contributed by atoms with Gasteiger partial charge in [-0.1, -0.05) is 12.1 Å². The molecule has 1 aliphatic heterocycles. The van der Waals surface area contributed by atoms with Gasteiger partial charge >= 0.3 is 5.69 Å². The van der Waals surface area contributed by atoms with E-state index >= 15 is 0 Å². The molecule has 0 radical (unpaired) electrons. The fourth-order valence-corrected chi connectivity index (χ4v) is 4.85. The fraction of sp³-hybridized carbons (Fsp3) is 0.500. The first-order valence-corrected chi connectivity index (χ1v) is 10.3. The molecule has 1 unspecified atom stereocenters. The quantitative estimate of drug-likeness (QED) is 0.591. The van der Waals surface area contributed by atoms with Crippen LogP contribution in [0.25, 0.3) is 0 Å². The number of benzene rings is 1. The molecule has 138 valence electrons. The maximum absolute atomic E-state index is 13.4. The van der Waals surface area contributed by atoms with E-state index in [0.717, 1.165) is 61.4 Å². The van der Waals surface area contributed by atoms with Gasteiger partial charge in [0.05, 0.1) is 12.6 Å². The zero-order chi connectivity index (χ0) is 17.9. The van der Waals surface area contributed by atoms with E-state index in [-0.39, 0.29) is 17.6 Å². The highest BCUT2D eigenvalue weighted by molar-refractivity contribution is 7.98. The lowest BCUT2D eigenvalue weighted by Gasteiger charge is -2.24. The van der Waals surface area contributed by atoms with Crippen LogP contribution in [-0.2, 0) is 29.9 Å². The van der Waals surface area contributed by atoms with Gasteiger partial charge in [-0.2, -0.15) is 4.98 Å². The van der Waals surface area contributed by atoms with Gasteiger partial charge in [0.15, 0.2) is 0 Å². The van der Waals surface area contributed by atoms with Crippen molar-refractivity contribution in [1.82, 2.24) is 9.55 Å². The number of hydrogen-bond donors (Lipinski definition) is 0. The summed E-state index contributed by atoms with van der Waals surface area (Å²) in [5.74, 6) is 0.386. The molecule has 0 saturated carbocycles. The van der Waals surface area contributed by atoms with Gasteiger partial charge < -0.3 is 4.74 Å². The molecule has 0 spiro atoms. The lowest BCUT2D eigenvalue weighted by Crippen LogP contribution is -2.33. The third kappa shape index (κ3) is 3.86. The Morgan fingerprint density at radius 2 is 2.15 bits per heavy atom. The van der Waals surface area contributed by atoms with Crippen molar-refractivity contribution in [2.45, 2.75) is 62.0 Å². The molecule has 1 aromatic heterocycles. The second-order valence-corrected chi connectivity index (χ2v) is 7.96. The molecule has 2 aromatic rings. The zero-order valence-electron chi connectivity index (χ0n) is 14.7. The lowest BCUT2D eigenvalue weighted by molar-refractivity contribution is 0.0947. The van der Waals surface area contributed by atoms with Crippen LogP contribution in [0.2, 0.25) is 0 Å². The highest BCUT2D eigenvalue weighted by Gasteiger charge is 2.24. The Balaban J connectivity index is 1.60. The second kappa shape index (κ2) is 7.92. The molecular weight excluding hydrogens is 351 g/mol. The highest BCUT2D eigenvalue weighted by Crippen LogP contribution is 2.31. The van der Waals surface area contributed by atoms with Crippen molar-refractivity contribution >= 4 is 11.8 Å². The van der Waals surface area contributed by atoms with Crippen LogP contribution in [0, 0.1) is 5.82 Å². The molecule has 1 aromatic carbocycles. The van der Waals surface area contributed by atoms with Gasteiger partial charge in [-0.05, 0) is 56.2 Å². The van der Waals surface area contributed by atoms with Gasteiger partial charge in [0, 0.05) is 23.6 Å². The summed E-state index contributed by atoms with van der Waals surface area (Å²) in [6, 6.07) is 6.60. The van der Waals surface area contributed by atoms with Crippen molar-refractivity contribution in [1.29, 1.82) is 0 Å². The normalized spacial score (nSPS) is 19.5. The summed E-state index contributed by atoms with van der Waals surface area (Å²) in [6.07, 6.45) is 6.32. The Labute approximate surface area is 156 Å². The van der Waals surface area contributed by atoms with E-state index in [9.17, 15) is 9.18 Å². The van der Waals surface area contributed by atoms with Gasteiger partial charge in [0.1, 0.15) is 10.8 Å². The van der Waals surface area contributed by atoms with Crippen LogP contribution >= 0.6 is 11.8 Å². The molecule has 2 heterocycles. The largest absolute Gasteiger partial charge is 0.376 e. The van der Waals surface area contributed by atoms with Gasteiger partial charge in [0.2, 0.25) is 0 Å². The van der Waals surface area contributed by atoms with E-state index in [0.29, 0.717) is 12.3 Å². The van der Waals surface area contributed by atoms with Crippen molar-refractivity contribution < 1.29 is 9.13 Å². The van der Waals surface area contributed by atoms with E-state index in [2.05, 4.69) is 4.98 Å². The van der Waals surface area contributed by atoms with E-state index in [1.54, 1.807) is 17.8 Å². The van der Waals surface area contributed by atoms with E-state index < -0.39 is 0 Å². The fourth-order valence-electron chi connectivity index (χ4n) is 3.83. The maximum atomic E-state index is 13.4. The van der Waals surface area contributed by atoms with E-state index in [4.69, 9.17) is 4.74 Å². The zero-order valence-corrected chi connectivity index (χ0v) is 15.6. The number of fused-ring (bicyclic) bond motifs is 1. The molecule has 0 N–H and O–H groups in total. The summed E-state index contributed by atoms with van der Waals surface area (Å²) in [4.78, 5) is 17.1.